The topological polar surface area (TPSA) is 60.4 Å². The van der Waals surface area contributed by atoms with Crippen molar-refractivity contribution < 1.29 is 19.1 Å². The van der Waals surface area contributed by atoms with Gasteiger partial charge in [-0.3, -0.25) is 14.4 Å². The van der Waals surface area contributed by atoms with Crippen molar-refractivity contribution in [1.82, 2.24) is 0 Å². The second-order valence-corrected chi connectivity index (χ2v) is 10.1. The molecule has 0 amide bonds. The fourth-order valence-corrected chi connectivity index (χ4v) is 7.63. The number of esters is 1. The van der Waals surface area contributed by atoms with Crippen LogP contribution in [0.25, 0.3) is 0 Å². The van der Waals surface area contributed by atoms with Crippen molar-refractivity contribution in [2.45, 2.75) is 78.2 Å². The molecule has 0 saturated heterocycles. The molecule has 28 heavy (non-hydrogen) atoms. The summed E-state index contributed by atoms with van der Waals surface area (Å²) >= 11 is 0. The molecule has 4 aliphatic carbocycles. The molecule has 3 fully saturated rings. The highest BCUT2D eigenvalue weighted by molar-refractivity contribution is 5.93. The SMILES string of the molecule is C=C1C[C@H]2[C@@H]3CCC4=CC(=O)CC[C@]4(C)[C@H]3CC[C@]2(C)[C@@]1(OC(C)=O)C(C)=O. The summed E-state index contributed by atoms with van der Waals surface area (Å²) in [5.41, 5.74) is 0.609. The first-order valence-electron chi connectivity index (χ1n) is 10.7. The van der Waals surface area contributed by atoms with Gasteiger partial charge in [0.25, 0.3) is 0 Å². The van der Waals surface area contributed by atoms with E-state index in [1.807, 2.05) is 6.08 Å². The monoisotopic (exact) mass is 384 g/mol. The number of hydrogen-bond acceptors (Lipinski definition) is 4. The molecule has 0 N–H and O–H groups in total. The van der Waals surface area contributed by atoms with Crippen LogP contribution in [0.5, 0.6) is 0 Å². The van der Waals surface area contributed by atoms with E-state index in [-0.39, 0.29) is 22.9 Å². The van der Waals surface area contributed by atoms with E-state index >= 15 is 0 Å². The number of Topliss-reactive ketones (excluding diaryl/α,β-unsaturated/α-hetero) is 1. The Bertz CT molecular complexity index is 807. The predicted octanol–water partition coefficient (Wildman–Crippen LogP) is 4.58. The van der Waals surface area contributed by atoms with E-state index in [9.17, 15) is 14.4 Å². The van der Waals surface area contributed by atoms with Gasteiger partial charge in [0.05, 0.1) is 0 Å². The van der Waals surface area contributed by atoms with E-state index < -0.39 is 17.0 Å². The molecule has 6 atom stereocenters. The zero-order chi connectivity index (χ0) is 20.5. The third kappa shape index (κ3) is 2.32. The molecular weight excluding hydrogens is 352 g/mol. The zero-order valence-electron chi connectivity index (χ0n) is 17.6. The number of allylic oxidation sites excluding steroid dienone is 1. The largest absolute Gasteiger partial charge is 0.446 e. The van der Waals surface area contributed by atoms with Gasteiger partial charge in [0.2, 0.25) is 0 Å². The number of ether oxygens (including phenoxy) is 1. The second kappa shape index (κ2) is 6.14. The van der Waals surface area contributed by atoms with Crippen molar-refractivity contribution in [3.8, 4) is 0 Å². The van der Waals surface area contributed by atoms with E-state index in [1.165, 1.54) is 12.5 Å². The van der Waals surface area contributed by atoms with Gasteiger partial charge in [-0.2, -0.15) is 0 Å². The third-order valence-electron chi connectivity index (χ3n) is 8.91. The first kappa shape index (κ1) is 19.6. The lowest BCUT2D eigenvalue weighted by molar-refractivity contribution is -0.181. The molecule has 4 heteroatoms. The standard InChI is InChI=1S/C24H32O4/c1-14-12-21-19-7-6-17-13-18(27)8-10-22(17,4)20(19)9-11-23(21,5)24(14,15(2)25)28-16(3)26/h13,19-21H,1,6-12H2,2-5H3/t19-,20+,21+,22+,23+,24+/m1/s1. The minimum absolute atomic E-state index is 0.0857. The summed E-state index contributed by atoms with van der Waals surface area (Å²) in [5, 5.41) is 0. The summed E-state index contributed by atoms with van der Waals surface area (Å²) in [6.45, 7) is 11.7. The highest BCUT2D eigenvalue weighted by Gasteiger charge is 2.69. The molecule has 0 aliphatic heterocycles. The number of ketones is 2. The molecule has 4 nitrogen and oxygen atoms in total. The molecule has 4 rings (SSSR count). The molecule has 0 aromatic carbocycles. The van der Waals surface area contributed by atoms with Crippen LogP contribution in [0, 0.1) is 28.6 Å². The minimum Gasteiger partial charge on any atom is -0.446 e. The first-order valence-corrected chi connectivity index (χ1v) is 10.7. The summed E-state index contributed by atoms with van der Waals surface area (Å²) in [5.74, 6) is 1.05. The van der Waals surface area contributed by atoms with Crippen molar-refractivity contribution in [2.75, 3.05) is 0 Å². The Hall–Kier alpha value is -1.71. The lowest BCUT2D eigenvalue weighted by atomic mass is 9.46. The van der Waals surface area contributed by atoms with Crippen molar-refractivity contribution in [3.63, 3.8) is 0 Å². The number of fused-ring (bicyclic) bond motifs is 5. The third-order valence-corrected chi connectivity index (χ3v) is 8.91. The molecule has 0 aromatic heterocycles. The molecule has 4 aliphatic rings. The Balaban J connectivity index is 1.75. The van der Waals surface area contributed by atoms with Crippen molar-refractivity contribution in [3.05, 3.63) is 23.8 Å². The lowest BCUT2D eigenvalue weighted by Crippen LogP contribution is -2.59. The second-order valence-electron chi connectivity index (χ2n) is 10.1. The molecule has 0 bridgehead atoms. The average Bonchev–Trinajstić information content (AvgIpc) is 2.83. The fourth-order valence-electron chi connectivity index (χ4n) is 7.63. The minimum atomic E-state index is -1.19. The van der Waals surface area contributed by atoms with Crippen molar-refractivity contribution >= 4 is 17.5 Å². The number of rotatable bonds is 2. The number of carbonyl (C=O) groups excluding carboxylic acids is 3. The lowest BCUT2D eigenvalue weighted by Gasteiger charge is -2.58. The van der Waals surface area contributed by atoms with Gasteiger partial charge in [-0.15, -0.1) is 0 Å². The molecule has 152 valence electrons. The Labute approximate surface area is 167 Å². The van der Waals surface area contributed by atoms with Crippen LogP contribution in [0.3, 0.4) is 0 Å². The predicted molar refractivity (Wildman–Crippen MR) is 106 cm³/mol. The van der Waals surface area contributed by atoms with Crippen LogP contribution >= 0.6 is 0 Å². The van der Waals surface area contributed by atoms with E-state index in [0.29, 0.717) is 18.3 Å². The van der Waals surface area contributed by atoms with Gasteiger partial charge in [0.1, 0.15) is 0 Å². The molecule has 0 unspecified atom stereocenters. The molecule has 0 spiro atoms. The Morgan fingerprint density at radius 2 is 1.82 bits per heavy atom. The summed E-state index contributed by atoms with van der Waals surface area (Å²) in [6, 6.07) is 0. The van der Waals surface area contributed by atoms with Gasteiger partial charge in [-0.1, -0.05) is 26.0 Å². The van der Waals surface area contributed by atoms with Gasteiger partial charge in [0.15, 0.2) is 17.2 Å². The highest BCUT2D eigenvalue weighted by atomic mass is 16.6. The highest BCUT2D eigenvalue weighted by Crippen LogP contribution is 2.69. The van der Waals surface area contributed by atoms with Gasteiger partial charge >= 0.3 is 5.97 Å². The maximum atomic E-state index is 12.9. The van der Waals surface area contributed by atoms with Crippen LogP contribution in [0.15, 0.2) is 23.8 Å². The summed E-state index contributed by atoms with van der Waals surface area (Å²) in [4.78, 5) is 36.8. The normalized spacial score (nSPS) is 44.9. The van der Waals surface area contributed by atoms with E-state index in [0.717, 1.165) is 44.1 Å². The van der Waals surface area contributed by atoms with Gasteiger partial charge in [-0.05, 0) is 80.3 Å². The first-order chi connectivity index (χ1) is 13.1. The van der Waals surface area contributed by atoms with Crippen LogP contribution in [0.4, 0.5) is 0 Å². The molecular formula is C24H32O4. The van der Waals surface area contributed by atoms with Gasteiger partial charge in [0, 0.05) is 18.8 Å². The maximum Gasteiger partial charge on any atom is 0.303 e. The van der Waals surface area contributed by atoms with Crippen molar-refractivity contribution in [2.24, 2.45) is 28.6 Å². The van der Waals surface area contributed by atoms with Crippen LogP contribution in [0.2, 0.25) is 0 Å². The molecule has 0 radical (unpaired) electrons. The van der Waals surface area contributed by atoms with Gasteiger partial charge in [-0.25, -0.2) is 0 Å². The maximum absolute atomic E-state index is 12.9. The number of hydrogen-bond donors (Lipinski definition) is 0. The molecule has 0 heterocycles. The van der Waals surface area contributed by atoms with Crippen LogP contribution in [-0.2, 0) is 19.1 Å². The van der Waals surface area contributed by atoms with E-state index in [2.05, 4.69) is 20.4 Å². The Morgan fingerprint density at radius 1 is 1.11 bits per heavy atom. The molecule has 3 saturated carbocycles. The summed E-state index contributed by atoms with van der Waals surface area (Å²) in [7, 11) is 0. The van der Waals surface area contributed by atoms with Gasteiger partial charge < -0.3 is 4.74 Å². The molecule has 0 aromatic rings. The van der Waals surface area contributed by atoms with Crippen LogP contribution < -0.4 is 0 Å². The summed E-state index contributed by atoms with van der Waals surface area (Å²) < 4.78 is 5.83. The van der Waals surface area contributed by atoms with E-state index in [1.54, 1.807) is 6.92 Å². The quantitative estimate of drug-likeness (QED) is 0.517. The average molecular weight is 385 g/mol. The summed E-state index contributed by atoms with van der Waals surface area (Å²) in [6.07, 6.45) is 8.10. The van der Waals surface area contributed by atoms with Crippen LogP contribution in [-0.4, -0.2) is 23.1 Å². The van der Waals surface area contributed by atoms with Crippen LogP contribution in [0.1, 0.15) is 72.6 Å². The van der Waals surface area contributed by atoms with Crippen molar-refractivity contribution in [1.29, 1.82) is 0 Å². The smallest absolute Gasteiger partial charge is 0.303 e. The Morgan fingerprint density at radius 3 is 2.46 bits per heavy atom. The zero-order valence-corrected chi connectivity index (χ0v) is 17.6. The fraction of sp³-hybridized carbons (Fsp3) is 0.708. The van der Waals surface area contributed by atoms with E-state index in [4.69, 9.17) is 4.74 Å². The number of carbonyl (C=O) groups is 3. The Kier molecular flexibility index (Phi) is 4.30.